The zero-order valence-corrected chi connectivity index (χ0v) is 25.6. The predicted octanol–water partition coefficient (Wildman–Crippen LogP) is 3.53. The first-order chi connectivity index (χ1) is 22.7. The maximum absolute atomic E-state index is 13.0. The summed E-state index contributed by atoms with van der Waals surface area (Å²) in [5.41, 5.74) is -3.83. The molecule has 0 fully saturated rings. The smallest absolute Gasteiger partial charge is 0.422 e. The zero-order chi connectivity index (χ0) is 37.2. The molecule has 0 saturated carbocycles. The number of alkyl halides is 6. The van der Waals surface area contributed by atoms with Crippen molar-refractivity contribution in [2.75, 3.05) is 26.4 Å². The topological polar surface area (TPSA) is 186 Å². The Balaban J connectivity index is 2.20. The number of benzene rings is 2. The fraction of sp³-hybridized carbons (Fsp3) is 0.355. The van der Waals surface area contributed by atoms with Gasteiger partial charge in [0.1, 0.15) is 10.8 Å². The van der Waals surface area contributed by atoms with Gasteiger partial charge in [-0.05, 0) is 61.4 Å². The minimum Gasteiger partial charge on any atom is -0.422 e. The number of hydrogen-bond donors (Lipinski definition) is 4. The standard InChI is InChI=1S/C31H30F6O12/c1-28(14-38,15-39)26(44)46-22-9-5-18(11-24(22)48-30(32,33)34)3-7-20(42)13-21(43)8-4-19-6-10-23(25(12-19)49-31(35,36)37)47-27(45)29(2,16-40)17-41/h3-12,38-41H,13-17H2,1-2H3/b7-3+,8-4+. The normalized spacial score (nSPS) is 12.7. The third-order valence-corrected chi connectivity index (χ3v) is 6.45. The van der Waals surface area contributed by atoms with Crippen LogP contribution in [0.15, 0.2) is 48.6 Å². The summed E-state index contributed by atoms with van der Waals surface area (Å²) in [4.78, 5) is 49.2. The Bertz CT molecular complexity index is 1460. The summed E-state index contributed by atoms with van der Waals surface area (Å²) in [6.45, 7) is -1.34. The number of carbonyl (C=O) groups excluding carboxylic acids is 4. The predicted molar refractivity (Wildman–Crippen MR) is 155 cm³/mol. The second-order valence-corrected chi connectivity index (χ2v) is 10.8. The molecule has 4 N–H and O–H groups in total. The number of allylic oxidation sites excluding steroid dienone is 2. The van der Waals surface area contributed by atoms with Crippen molar-refractivity contribution in [2.24, 2.45) is 10.8 Å². The molecule has 12 nitrogen and oxygen atoms in total. The number of hydrogen-bond acceptors (Lipinski definition) is 12. The molecular formula is C31H30F6O12. The Hall–Kier alpha value is -4.78. The van der Waals surface area contributed by atoms with Crippen LogP contribution in [0, 0.1) is 10.8 Å². The Labute approximate surface area is 273 Å². The van der Waals surface area contributed by atoms with Gasteiger partial charge in [0.25, 0.3) is 0 Å². The molecule has 0 aromatic heterocycles. The van der Waals surface area contributed by atoms with Crippen LogP contribution in [0.3, 0.4) is 0 Å². The molecule has 0 atom stereocenters. The molecule has 0 heterocycles. The average Bonchev–Trinajstić information content (AvgIpc) is 3.02. The number of carbonyl (C=O) groups is 4. The van der Waals surface area contributed by atoms with E-state index in [9.17, 15) is 65.9 Å². The van der Waals surface area contributed by atoms with Crippen LogP contribution in [0.1, 0.15) is 31.4 Å². The second kappa shape index (κ2) is 16.6. The second-order valence-electron chi connectivity index (χ2n) is 10.8. The van der Waals surface area contributed by atoms with Gasteiger partial charge in [0.2, 0.25) is 0 Å². The molecule has 0 unspecified atom stereocenters. The van der Waals surface area contributed by atoms with Gasteiger partial charge in [-0.15, -0.1) is 26.3 Å². The van der Waals surface area contributed by atoms with Crippen LogP contribution in [-0.2, 0) is 19.2 Å². The van der Waals surface area contributed by atoms with Crippen molar-refractivity contribution in [3.05, 3.63) is 59.7 Å². The van der Waals surface area contributed by atoms with Crippen molar-refractivity contribution < 1.29 is 84.9 Å². The maximum Gasteiger partial charge on any atom is 0.573 e. The number of ketones is 2. The molecule has 0 saturated heterocycles. The lowest BCUT2D eigenvalue weighted by Gasteiger charge is -2.23. The summed E-state index contributed by atoms with van der Waals surface area (Å²) in [5.74, 6) is -7.65. The van der Waals surface area contributed by atoms with Gasteiger partial charge < -0.3 is 39.4 Å². The molecular weight excluding hydrogens is 678 g/mol. The number of aliphatic hydroxyl groups is 4. The van der Waals surface area contributed by atoms with Crippen LogP contribution in [0.2, 0.25) is 0 Å². The lowest BCUT2D eigenvalue weighted by Crippen LogP contribution is -2.38. The summed E-state index contributed by atoms with van der Waals surface area (Å²) in [5, 5.41) is 37.3. The first-order valence-electron chi connectivity index (χ1n) is 13.8. The average molecular weight is 709 g/mol. The van der Waals surface area contributed by atoms with Crippen LogP contribution in [0.5, 0.6) is 23.0 Å². The monoisotopic (exact) mass is 708 g/mol. The van der Waals surface area contributed by atoms with E-state index in [1.807, 2.05) is 0 Å². The highest BCUT2D eigenvalue weighted by molar-refractivity contribution is 6.10. The van der Waals surface area contributed by atoms with E-state index in [1.165, 1.54) is 0 Å². The SMILES string of the molecule is CC(CO)(CO)C(=O)Oc1ccc(/C=C/C(=O)CC(=O)/C=C/c2ccc(OC(=O)C(C)(CO)CO)c(OC(F)(F)F)c2)cc1OC(F)(F)F. The summed E-state index contributed by atoms with van der Waals surface area (Å²) < 4.78 is 95.5. The minimum atomic E-state index is -5.24. The van der Waals surface area contributed by atoms with Crippen molar-refractivity contribution in [3.63, 3.8) is 0 Å². The first-order valence-corrected chi connectivity index (χ1v) is 13.8. The Morgan fingerprint density at radius 2 is 0.918 bits per heavy atom. The van der Waals surface area contributed by atoms with Crippen molar-refractivity contribution in [1.29, 1.82) is 0 Å². The van der Waals surface area contributed by atoms with Crippen LogP contribution < -0.4 is 18.9 Å². The van der Waals surface area contributed by atoms with E-state index in [0.717, 1.165) is 74.5 Å². The zero-order valence-electron chi connectivity index (χ0n) is 25.6. The van der Waals surface area contributed by atoms with Crippen LogP contribution >= 0.6 is 0 Å². The quantitative estimate of drug-likeness (QED) is 0.0655. The van der Waals surface area contributed by atoms with Crippen molar-refractivity contribution >= 4 is 35.7 Å². The molecule has 0 aliphatic carbocycles. The Morgan fingerprint density at radius 1 is 0.592 bits per heavy atom. The van der Waals surface area contributed by atoms with Gasteiger partial charge in [-0.25, -0.2) is 0 Å². The van der Waals surface area contributed by atoms with Crippen LogP contribution in [-0.4, -0.2) is 83.1 Å². The van der Waals surface area contributed by atoms with E-state index in [-0.39, 0.29) is 11.1 Å². The van der Waals surface area contributed by atoms with Crippen molar-refractivity contribution in [1.82, 2.24) is 0 Å². The van der Waals surface area contributed by atoms with Gasteiger partial charge in [0.15, 0.2) is 34.6 Å². The van der Waals surface area contributed by atoms with E-state index < -0.39 is 103 Å². The fourth-order valence-corrected chi connectivity index (χ4v) is 3.31. The van der Waals surface area contributed by atoms with E-state index in [2.05, 4.69) is 9.47 Å². The minimum absolute atomic E-state index is 0.0706. The summed E-state index contributed by atoms with van der Waals surface area (Å²) in [7, 11) is 0. The number of esters is 2. The summed E-state index contributed by atoms with van der Waals surface area (Å²) >= 11 is 0. The lowest BCUT2D eigenvalue weighted by molar-refractivity contribution is -0.276. The highest BCUT2D eigenvalue weighted by atomic mass is 19.4. The Kier molecular flexibility index (Phi) is 13.6. The van der Waals surface area contributed by atoms with Crippen molar-refractivity contribution in [3.8, 4) is 23.0 Å². The third kappa shape index (κ3) is 12.3. The van der Waals surface area contributed by atoms with E-state index >= 15 is 0 Å². The molecule has 268 valence electrons. The number of aliphatic hydroxyl groups excluding tert-OH is 4. The van der Waals surface area contributed by atoms with Crippen LogP contribution in [0.4, 0.5) is 26.3 Å². The molecule has 0 aliphatic rings. The first kappa shape index (κ1) is 40.4. The van der Waals surface area contributed by atoms with E-state index in [0.29, 0.717) is 0 Å². The van der Waals surface area contributed by atoms with Gasteiger partial charge >= 0.3 is 24.7 Å². The van der Waals surface area contributed by atoms with Gasteiger partial charge in [-0.3, -0.25) is 19.2 Å². The molecule has 2 rings (SSSR count). The van der Waals surface area contributed by atoms with Gasteiger partial charge in [0, 0.05) is 0 Å². The number of ether oxygens (including phenoxy) is 4. The van der Waals surface area contributed by atoms with E-state index in [1.54, 1.807) is 0 Å². The fourth-order valence-electron chi connectivity index (χ4n) is 3.31. The molecule has 49 heavy (non-hydrogen) atoms. The maximum atomic E-state index is 13.0. The third-order valence-electron chi connectivity index (χ3n) is 6.45. The molecule has 0 spiro atoms. The molecule has 18 heteroatoms. The molecule has 0 amide bonds. The lowest BCUT2D eigenvalue weighted by atomic mass is 9.93. The molecule has 0 bridgehead atoms. The Morgan fingerprint density at radius 3 is 1.20 bits per heavy atom. The number of rotatable bonds is 16. The largest absolute Gasteiger partial charge is 0.573 e. The van der Waals surface area contributed by atoms with Gasteiger partial charge in [-0.1, -0.05) is 24.3 Å². The highest BCUT2D eigenvalue weighted by Crippen LogP contribution is 2.36. The summed E-state index contributed by atoms with van der Waals surface area (Å²) in [6.07, 6.45) is -7.55. The summed E-state index contributed by atoms with van der Waals surface area (Å²) in [6, 6.07) is 5.56. The van der Waals surface area contributed by atoms with E-state index in [4.69, 9.17) is 9.47 Å². The molecule has 2 aromatic carbocycles. The molecule has 2 aromatic rings. The van der Waals surface area contributed by atoms with Crippen molar-refractivity contribution in [2.45, 2.75) is 33.0 Å². The van der Waals surface area contributed by atoms with Gasteiger partial charge in [0.05, 0.1) is 32.8 Å². The molecule has 0 aliphatic heterocycles. The highest BCUT2D eigenvalue weighted by Gasteiger charge is 2.38. The molecule has 0 radical (unpaired) electrons. The number of halogens is 6. The van der Waals surface area contributed by atoms with Crippen LogP contribution in [0.25, 0.3) is 12.2 Å². The van der Waals surface area contributed by atoms with Gasteiger partial charge in [-0.2, -0.15) is 0 Å².